The van der Waals surface area contributed by atoms with Gasteiger partial charge in [-0.25, -0.2) is 4.98 Å². The smallest absolute Gasteiger partial charge is 0.147 e. The Bertz CT molecular complexity index is 344. The topological polar surface area (TPSA) is 29.0 Å². The minimum absolute atomic E-state index is 0.831. The van der Waals surface area contributed by atoms with Crippen LogP contribution in [0.1, 0.15) is 12.8 Å². The summed E-state index contributed by atoms with van der Waals surface area (Å²) in [6, 6.07) is 0. The Morgan fingerprint density at radius 3 is 2.40 bits per heavy atom. The number of hydrogen-bond donors (Lipinski definition) is 0. The summed E-state index contributed by atoms with van der Waals surface area (Å²) in [6.07, 6.45) is 12.5. The lowest BCUT2D eigenvalue weighted by molar-refractivity contribution is 0.411. The second kappa shape index (κ2) is 3.65. The fourth-order valence-corrected chi connectivity index (χ4v) is 2.66. The molecule has 0 aromatic carbocycles. The zero-order valence-corrected chi connectivity index (χ0v) is 8.71. The second-order valence-corrected chi connectivity index (χ2v) is 4.43. The molecule has 2 aliphatic rings. The third-order valence-corrected chi connectivity index (χ3v) is 3.49. The molecule has 1 saturated heterocycles. The highest BCUT2D eigenvalue weighted by atomic mass is 15.2. The van der Waals surface area contributed by atoms with E-state index < -0.39 is 0 Å². The van der Waals surface area contributed by atoms with Crippen LogP contribution < -0.4 is 4.90 Å². The van der Waals surface area contributed by atoms with Crippen molar-refractivity contribution >= 4 is 5.82 Å². The van der Waals surface area contributed by atoms with E-state index >= 15 is 0 Å². The lowest BCUT2D eigenvalue weighted by atomic mass is 9.86. The Hall–Kier alpha value is -1.38. The molecule has 2 atom stereocenters. The van der Waals surface area contributed by atoms with E-state index in [1.165, 1.54) is 12.8 Å². The van der Waals surface area contributed by atoms with Gasteiger partial charge in [-0.15, -0.1) is 0 Å². The molecule has 1 aromatic heterocycles. The number of aromatic nitrogens is 2. The molecule has 0 unspecified atom stereocenters. The van der Waals surface area contributed by atoms with Crippen molar-refractivity contribution in [1.29, 1.82) is 0 Å². The van der Waals surface area contributed by atoms with Crippen LogP contribution in [-0.2, 0) is 0 Å². The van der Waals surface area contributed by atoms with Gasteiger partial charge >= 0.3 is 0 Å². The van der Waals surface area contributed by atoms with Gasteiger partial charge < -0.3 is 4.90 Å². The first kappa shape index (κ1) is 8.89. The Balaban J connectivity index is 1.77. The van der Waals surface area contributed by atoms with Gasteiger partial charge in [-0.05, 0) is 24.7 Å². The summed E-state index contributed by atoms with van der Waals surface area (Å²) in [4.78, 5) is 10.9. The molecule has 3 rings (SSSR count). The molecule has 78 valence electrons. The predicted molar refractivity (Wildman–Crippen MR) is 59.6 cm³/mol. The molecule has 0 radical (unpaired) electrons. The van der Waals surface area contributed by atoms with E-state index in [9.17, 15) is 0 Å². The van der Waals surface area contributed by atoms with Crippen molar-refractivity contribution in [3.05, 3.63) is 30.7 Å². The molecular formula is C12H15N3. The van der Waals surface area contributed by atoms with Crippen LogP contribution in [0.25, 0.3) is 0 Å². The van der Waals surface area contributed by atoms with Crippen LogP contribution in [0, 0.1) is 11.8 Å². The maximum Gasteiger partial charge on any atom is 0.147 e. The zero-order valence-electron chi connectivity index (χ0n) is 8.71. The van der Waals surface area contributed by atoms with E-state index in [-0.39, 0.29) is 0 Å². The van der Waals surface area contributed by atoms with Gasteiger partial charge in [0.25, 0.3) is 0 Å². The number of rotatable bonds is 1. The van der Waals surface area contributed by atoms with Gasteiger partial charge in [-0.3, -0.25) is 4.98 Å². The largest absolute Gasteiger partial charge is 0.355 e. The predicted octanol–water partition coefficient (Wildman–Crippen LogP) is 1.88. The standard InChI is InChI=1S/C12H15N3/c1-2-4-11-9-15(8-10(11)3-1)12-7-13-5-6-14-12/h1-2,5-7,10-11H,3-4,8-9H2/t10-,11-/m0/s1. The summed E-state index contributed by atoms with van der Waals surface area (Å²) >= 11 is 0. The monoisotopic (exact) mass is 201 g/mol. The van der Waals surface area contributed by atoms with E-state index in [1.807, 2.05) is 6.20 Å². The number of allylic oxidation sites excluding steroid dienone is 2. The summed E-state index contributed by atoms with van der Waals surface area (Å²) in [5.74, 6) is 2.70. The first-order valence-electron chi connectivity index (χ1n) is 5.59. The molecule has 1 aliphatic heterocycles. The van der Waals surface area contributed by atoms with E-state index in [2.05, 4.69) is 27.0 Å². The first-order valence-corrected chi connectivity index (χ1v) is 5.59. The number of nitrogens with zero attached hydrogens (tertiary/aromatic N) is 3. The van der Waals surface area contributed by atoms with Crippen molar-refractivity contribution in [3.8, 4) is 0 Å². The minimum Gasteiger partial charge on any atom is -0.355 e. The second-order valence-electron chi connectivity index (χ2n) is 4.43. The number of fused-ring (bicyclic) bond motifs is 1. The summed E-state index contributed by atoms with van der Waals surface area (Å²) in [5, 5.41) is 0. The van der Waals surface area contributed by atoms with Crippen molar-refractivity contribution in [1.82, 2.24) is 9.97 Å². The highest BCUT2D eigenvalue weighted by Gasteiger charge is 2.33. The Labute approximate surface area is 89.8 Å². The fraction of sp³-hybridized carbons (Fsp3) is 0.500. The molecule has 3 heteroatoms. The molecule has 1 aliphatic carbocycles. The van der Waals surface area contributed by atoms with Crippen LogP contribution in [-0.4, -0.2) is 23.1 Å². The van der Waals surface area contributed by atoms with E-state index in [1.54, 1.807) is 12.4 Å². The molecule has 0 N–H and O–H groups in total. The van der Waals surface area contributed by atoms with Gasteiger partial charge in [0.1, 0.15) is 5.82 Å². The van der Waals surface area contributed by atoms with Crippen LogP contribution in [0.5, 0.6) is 0 Å². The summed E-state index contributed by atoms with van der Waals surface area (Å²) in [5.41, 5.74) is 0. The van der Waals surface area contributed by atoms with Gasteiger partial charge in [0.15, 0.2) is 0 Å². The molecular weight excluding hydrogens is 186 g/mol. The van der Waals surface area contributed by atoms with Crippen LogP contribution in [0.15, 0.2) is 30.7 Å². The summed E-state index contributed by atoms with van der Waals surface area (Å²) in [6.45, 7) is 2.29. The minimum atomic E-state index is 0.831. The quantitative estimate of drug-likeness (QED) is 0.650. The average molecular weight is 201 g/mol. The molecule has 0 bridgehead atoms. The van der Waals surface area contributed by atoms with E-state index in [0.717, 1.165) is 30.7 Å². The SMILES string of the molecule is C1=CC[C@H]2CN(c3cnccn3)C[C@@H]2C1. The van der Waals surface area contributed by atoms with Crippen molar-refractivity contribution in [2.45, 2.75) is 12.8 Å². The Morgan fingerprint density at radius 1 is 1.07 bits per heavy atom. The lowest BCUT2D eigenvalue weighted by Gasteiger charge is -2.17. The van der Waals surface area contributed by atoms with Crippen LogP contribution >= 0.6 is 0 Å². The maximum absolute atomic E-state index is 4.36. The lowest BCUT2D eigenvalue weighted by Crippen LogP contribution is -2.20. The molecule has 0 spiro atoms. The Kier molecular flexibility index (Phi) is 2.16. The van der Waals surface area contributed by atoms with Gasteiger partial charge in [0.05, 0.1) is 6.20 Å². The van der Waals surface area contributed by atoms with Crippen LogP contribution in [0.3, 0.4) is 0 Å². The summed E-state index contributed by atoms with van der Waals surface area (Å²) in [7, 11) is 0. The fourth-order valence-electron chi connectivity index (χ4n) is 2.66. The highest BCUT2D eigenvalue weighted by molar-refractivity contribution is 5.37. The van der Waals surface area contributed by atoms with Crippen molar-refractivity contribution in [3.63, 3.8) is 0 Å². The third-order valence-electron chi connectivity index (χ3n) is 3.49. The van der Waals surface area contributed by atoms with Crippen LogP contribution in [0.4, 0.5) is 5.82 Å². The maximum atomic E-state index is 4.36. The molecule has 1 fully saturated rings. The van der Waals surface area contributed by atoms with Gasteiger partial charge in [0.2, 0.25) is 0 Å². The number of anilines is 1. The molecule has 0 amide bonds. The number of hydrogen-bond acceptors (Lipinski definition) is 3. The third kappa shape index (κ3) is 1.62. The van der Waals surface area contributed by atoms with Crippen molar-refractivity contribution < 1.29 is 0 Å². The molecule has 0 saturated carbocycles. The zero-order chi connectivity index (χ0) is 10.1. The van der Waals surface area contributed by atoms with Crippen molar-refractivity contribution in [2.24, 2.45) is 11.8 Å². The van der Waals surface area contributed by atoms with Crippen LogP contribution in [0.2, 0.25) is 0 Å². The highest BCUT2D eigenvalue weighted by Crippen LogP contribution is 2.34. The summed E-state index contributed by atoms with van der Waals surface area (Å²) < 4.78 is 0. The van der Waals surface area contributed by atoms with E-state index in [0.29, 0.717) is 0 Å². The van der Waals surface area contributed by atoms with Gasteiger partial charge in [0, 0.05) is 25.5 Å². The molecule has 3 nitrogen and oxygen atoms in total. The van der Waals surface area contributed by atoms with Gasteiger partial charge in [-0.2, -0.15) is 0 Å². The first-order chi connectivity index (χ1) is 7.43. The molecule has 15 heavy (non-hydrogen) atoms. The van der Waals surface area contributed by atoms with E-state index in [4.69, 9.17) is 0 Å². The normalized spacial score (nSPS) is 29.2. The average Bonchev–Trinajstić information content (AvgIpc) is 2.74. The molecule has 2 heterocycles. The van der Waals surface area contributed by atoms with Gasteiger partial charge in [-0.1, -0.05) is 12.2 Å². The van der Waals surface area contributed by atoms with Crippen molar-refractivity contribution in [2.75, 3.05) is 18.0 Å². The molecule has 1 aromatic rings. The Morgan fingerprint density at radius 2 is 1.80 bits per heavy atom.